The molecule has 3 aromatic rings. The Morgan fingerprint density at radius 3 is 2.79 bits per heavy atom. The fourth-order valence-electron chi connectivity index (χ4n) is 2.13. The van der Waals surface area contributed by atoms with Gasteiger partial charge in [-0.15, -0.1) is 0 Å². The Morgan fingerprint density at radius 1 is 1.21 bits per heavy atom. The summed E-state index contributed by atoms with van der Waals surface area (Å²) in [4.78, 5) is 3.21. The number of rotatable bonds is 2. The zero-order valence-corrected chi connectivity index (χ0v) is 12.6. The van der Waals surface area contributed by atoms with E-state index in [1.807, 2.05) is 47.0 Å². The van der Waals surface area contributed by atoms with Gasteiger partial charge in [-0.25, -0.2) is 0 Å². The highest BCUT2D eigenvalue weighted by molar-refractivity contribution is 9.10. The van der Waals surface area contributed by atoms with Crippen LogP contribution in [-0.4, -0.2) is 16.7 Å². The van der Waals surface area contributed by atoms with Crippen molar-refractivity contribution in [1.29, 1.82) is 0 Å². The summed E-state index contributed by atoms with van der Waals surface area (Å²) in [6, 6.07) is 13.8. The summed E-state index contributed by atoms with van der Waals surface area (Å²) in [6.07, 6.45) is 0. The van der Waals surface area contributed by atoms with E-state index in [-0.39, 0.29) is 0 Å². The van der Waals surface area contributed by atoms with Crippen LogP contribution in [0.5, 0.6) is 5.75 Å². The quantitative estimate of drug-likeness (QED) is 0.701. The highest BCUT2D eigenvalue weighted by atomic mass is 79.9. The zero-order chi connectivity index (χ0) is 13.4. The second-order valence-electron chi connectivity index (χ2n) is 4.10. The Hall–Kier alpha value is -1.59. The first kappa shape index (κ1) is 12.4. The van der Waals surface area contributed by atoms with Crippen LogP contribution in [0.4, 0.5) is 0 Å². The molecule has 0 unspecified atom stereocenters. The lowest BCUT2D eigenvalue weighted by Gasteiger charge is -2.10. The third-order valence-electron chi connectivity index (χ3n) is 2.97. The molecule has 0 saturated heterocycles. The van der Waals surface area contributed by atoms with Crippen molar-refractivity contribution in [3.63, 3.8) is 0 Å². The summed E-state index contributed by atoms with van der Waals surface area (Å²) in [7, 11) is 1.66. The maximum absolute atomic E-state index is 5.42. The molecule has 0 aliphatic carbocycles. The van der Waals surface area contributed by atoms with Crippen LogP contribution in [0.2, 0.25) is 0 Å². The topological polar surface area (TPSA) is 29.9 Å². The van der Waals surface area contributed by atoms with Gasteiger partial charge in [-0.1, -0.05) is 28.1 Å². The Labute approximate surface area is 124 Å². The van der Waals surface area contributed by atoms with Crippen molar-refractivity contribution in [2.45, 2.75) is 0 Å². The number of nitrogens with one attached hydrogen (secondary N) is 1. The molecule has 0 saturated carbocycles. The summed E-state index contributed by atoms with van der Waals surface area (Å²) in [5.74, 6) is 0.791. The molecule has 0 radical (unpaired) electrons. The van der Waals surface area contributed by atoms with E-state index in [0.717, 1.165) is 26.9 Å². The number of benzene rings is 2. The van der Waals surface area contributed by atoms with Crippen LogP contribution >= 0.6 is 28.1 Å². The van der Waals surface area contributed by atoms with Gasteiger partial charge >= 0.3 is 0 Å². The molecule has 3 rings (SSSR count). The Balaban J connectivity index is 2.39. The van der Waals surface area contributed by atoms with Gasteiger partial charge in [0.1, 0.15) is 5.75 Å². The van der Waals surface area contributed by atoms with Gasteiger partial charge in [-0.2, -0.15) is 0 Å². The highest BCUT2D eigenvalue weighted by Crippen LogP contribution is 2.28. The number of halogens is 1. The number of ether oxygens (including phenoxy) is 1. The average molecular weight is 335 g/mol. The van der Waals surface area contributed by atoms with Gasteiger partial charge in [0.25, 0.3) is 0 Å². The standard InChI is InChI=1S/C14H11BrN2OS/c1-18-13-5-3-2-4-11(13)17-12-8-9(15)6-7-10(12)16-14(17)19/h2-8H,1H3,(H,16,19). The molecule has 0 aliphatic rings. The molecule has 0 atom stereocenters. The third-order valence-corrected chi connectivity index (χ3v) is 3.75. The lowest BCUT2D eigenvalue weighted by Crippen LogP contribution is -1.97. The molecule has 5 heteroatoms. The Morgan fingerprint density at radius 2 is 2.00 bits per heavy atom. The summed E-state index contributed by atoms with van der Waals surface area (Å²) >= 11 is 8.91. The number of nitrogens with zero attached hydrogens (tertiary/aromatic N) is 1. The van der Waals surface area contributed by atoms with Gasteiger partial charge in [-0.3, -0.25) is 4.57 Å². The van der Waals surface area contributed by atoms with Crippen molar-refractivity contribution in [2.75, 3.05) is 7.11 Å². The van der Waals surface area contributed by atoms with Crippen LogP contribution in [0.1, 0.15) is 0 Å². The average Bonchev–Trinajstić information content (AvgIpc) is 2.74. The van der Waals surface area contributed by atoms with Crippen molar-refractivity contribution in [3.8, 4) is 11.4 Å². The molecule has 96 valence electrons. The molecule has 19 heavy (non-hydrogen) atoms. The van der Waals surface area contributed by atoms with E-state index in [0.29, 0.717) is 4.77 Å². The molecule has 0 spiro atoms. The van der Waals surface area contributed by atoms with Crippen LogP contribution in [-0.2, 0) is 0 Å². The second kappa shape index (κ2) is 4.83. The minimum absolute atomic E-state index is 0.651. The molecule has 0 aliphatic heterocycles. The van der Waals surface area contributed by atoms with Gasteiger partial charge in [0, 0.05) is 4.47 Å². The summed E-state index contributed by atoms with van der Waals surface area (Å²) in [5, 5.41) is 0. The van der Waals surface area contributed by atoms with Crippen molar-refractivity contribution in [3.05, 3.63) is 51.7 Å². The van der Waals surface area contributed by atoms with E-state index in [4.69, 9.17) is 17.0 Å². The maximum atomic E-state index is 5.42. The van der Waals surface area contributed by atoms with Crippen LogP contribution in [0.3, 0.4) is 0 Å². The van der Waals surface area contributed by atoms with Crippen molar-refractivity contribution < 1.29 is 4.74 Å². The molecule has 2 aromatic carbocycles. The van der Waals surface area contributed by atoms with E-state index in [1.165, 1.54) is 0 Å². The van der Waals surface area contributed by atoms with E-state index < -0.39 is 0 Å². The number of H-pyrrole nitrogens is 1. The number of hydrogen-bond acceptors (Lipinski definition) is 2. The summed E-state index contributed by atoms with van der Waals surface area (Å²) in [5.41, 5.74) is 2.95. The van der Waals surface area contributed by atoms with Crippen LogP contribution in [0, 0.1) is 4.77 Å². The largest absolute Gasteiger partial charge is 0.495 e. The van der Waals surface area contributed by atoms with Gasteiger partial charge in [0.05, 0.1) is 23.8 Å². The normalized spacial score (nSPS) is 10.8. The number of aromatic amines is 1. The minimum Gasteiger partial charge on any atom is -0.495 e. The van der Waals surface area contributed by atoms with E-state index in [2.05, 4.69) is 20.9 Å². The molecule has 0 fully saturated rings. The van der Waals surface area contributed by atoms with Gasteiger partial charge in [0.15, 0.2) is 4.77 Å². The van der Waals surface area contributed by atoms with Crippen molar-refractivity contribution in [2.24, 2.45) is 0 Å². The zero-order valence-electron chi connectivity index (χ0n) is 10.2. The van der Waals surface area contributed by atoms with E-state index in [9.17, 15) is 0 Å². The first-order valence-corrected chi connectivity index (χ1v) is 6.94. The molecule has 1 aromatic heterocycles. The highest BCUT2D eigenvalue weighted by Gasteiger charge is 2.10. The monoisotopic (exact) mass is 334 g/mol. The van der Waals surface area contributed by atoms with E-state index in [1.54, 1.807) is 7.11 Å². The van der Waals surface area contributed by atoms with Crippen molar-refractivity contribution >= 4 is 39.2 Å². The molecule has 1 heterocycles. The predicted molar refractivity (Wildman–Crippen MR) is 82.7 cm³/mol. The van der Waals surface area contributed by atoms with Crippen LogP contribution < -0.4 is 4.74 Å². The number of imidazole rings is 1. The smallest absolute Gasteiger partial charge is 0.182 e. The molecule has 1 N–H and O–H groups in total. The number of methoxy groups -OCH3 is 1. The number of aromatic nitrogens is 2. The maximum Gasteiger partial charge on any atom is 0.182 e. The SMILES string of the molecule is COc1ccccc1-n1c(=S)[nH]c2ccc(Br)cc21. The molecule has 3 nitrogen and oxygen atoms in total. The first-order chi connectivity index (χ1) is 9.20. The van der Waals surface area contributed by atoms with Gasteiger partial charge in [-0.05, 0) is 42.5 Å². The molecular formula is C14H11BrN2OS. The lowest BCUT2D eigenvalue weighted by atomic mass is 10.2. The summed E-state index contributed by atoms with van der Waals surface area (Å²) in [6.45, 7) is 0. The predicted octanol–water partition coefficient (Wildman–Crippen LogP) is 4.46. The van der Waals surface area contributed by atoms with Crippen LogP contribution in [0.15, 0.2) is 46.9 Å². The molecule has 0 bridgehead atoms. The number of fused-ring (bicyclic) bond motifs is 1. The first-order valence-electron chi connectivity index (χ1n) is 5.74. The van der Waals surface area contributed by atoms with Gasteiger partial charge in [0.2, 0.25) is 0 Å². The lowest BCUT2D eigenvalue weighted by molar-refractivity contribution is 0.413. The minimum atomic E-state index is 0.651. The third kappa shape index (κ3) is 2.09. The summed E-state index contributed by atoms with van der Waals surface area (Å²) < 4.78 is 9.05. The Bertz CT molecular complexity index is 807. The van der Waals surface area contributed by atoms with Crippen molar-refractivity contribution in [1.82, 2.24) is 9.55 Å². The molecular weight excluding hydrogens is 324 g/mol. The fraction of sp³-hybridized carbons (Fsp3) is 0.0714. The fourth-order valence-corrected chi connectivity index (χ4v) is 2.79. The number of para-hydroxylation sites is 2. The van der Waals surface area contributed by atoms with Gasteiger partial charge < -0.3 is 9.72 Å². The second-order valence-corrected chi connectivity index (χ2v) is 5.40. The molecule has 0 amide bonds. The Kier molecular flexibility index (Phi) is 3.16. The van der Waals surface area contributed by atoms with Crippen LogP contribution in [0.25, 0.3) is 16.7 Å². The van der Waals surface area contributed by atoms with E-state index >= 15 is 0 Å². The number of hydrogen-bond donors (Lipinski definition) is 1.